The topological polar surface area (TPSA) is 49.8 Å². The van der Waals surface area contributed by atoms with Gasteiger partial charge in [-0.2, -0.15) is 4.98 Å². The van der Waals surface area contributed by atoms with E-state index < -0.39 is 0 Å². The van der Waals surface area contributed by atoms with Gasteiger partial charge in [-0.15, -0.1) is 0 Å². The molecule has 110 valence electrons. The van der Waals surface area contributed by atoms with Crippen molar-refractivity contribution in [3.63, 3.8) is 0 Å². The van der Waals surface area contributed by atoms with Gasteiger partial charge in [0.1, 0.15) is 5.82 Å². The first-order valence-corrected chi connectivity index (χ1v) is 7.68. The molecule has 0 aliphatic rings. The molecule has 22 heavy (non-hydrogen) atoms. The Balaban J connectivity index is 1.79. The summed E-state index contributed by atoms with van der Waals surface area (Å²) in [4.78, 5) is 8.72. The van der Waals surface area contributed by atoms with Crippen molar-refractivity contribution in [1.82, 2.24) is 9.97 Å². The van der Waals surface area contributed by atoms with E-state index in [4.69, 9.17) is 0 Å². The number of halogens is 1. The first-order chi connectivity index (χ1) is 10.7. The quantitative estimate of drug-likeness (QED) is 0.689. The summed E-state index contributed by atoms with van der Waals surface area (Å²) in [5.41, 5.74) is 3.12. The molecule has 0 spiro atoms. The number of aromatic nitrogens is 2. The van der Waals surface area contributed by atoms with Gasteiger partial charge in [0.05, 0.1) is 0 Å². The molecule has 2 N–H and O–H groups in total. The van der Waals surface area contributed by atoms with Gasteiger partial charge in [-0.25, -0.2) is 4.98 Å². The van der Waals surface area contributed by atoms with E-state index >= 15 is 0 Å². The van der Waals surface area contributed by atoms with Crippen LogP contribution in [0, 0.1) is 6.92 Å². The van der Waals surface area contributed by atoms with Crippen LogP contribution in [0.2, 0.25) is 0 Å². The summed E-state index contributed by atoms with van der Waals surface area (Å²) in [6.07, 6.45) is 1.73. The van der Waals surface area contributed by atoms with Gasteiger partial charge >= 0.3 is 0 Å². The third kappa shape index (κ3) is 3.62. The van der Waals surface area contributed by atoms with E-state index in [0.29, 0.717) is 5.95 Å². The lowest BCUT2D eigenvalue weighted by molar-refractivity contribution is 1.16. The summed E-state index contributed by atoms with van der Waals surface area (Å²) in [5.74, 6) is 1.31. The van der Waals surface area contributed by atoms with Crippen molar-refractivity contribution < 1.29 is 0 Å². The Morgan fingerprint density at radius 1 is 0.955 bits per heavy atom. The molecule has 4 nitrogen and oxygen atoms in total. The molecule has 0 aliphatic heterocycles. The number of anilines is 4. The average Bonchev–Trinajstić information content (AvgIpc) is 2.52. The van der Waals surface area contributed by atoms with Gasteiger partial charge in [0.2, 0.25) is 5.95 Å². The van der Waals surface area contributed by atoms with E-state index in [1.165, 1.54) is 0 Å². The Morgan fingerprint density at radius 3 is 2.55 bits per heavy atom. The van der Waals surface area contributed by atoms with Crippen molar-refractivity contribution in [2.24, 2.45) is 0 Å². The van der Waals surface area contributed by atoms with Crippen molar-refractivity contribution in [2.45, 2.75) is 6.92 Å². The Labute approximate surface area is 137 Å². The van der Waals surface area contributed by atoms with Crippen LogP contribution in [0.25, 0.3) is 0 Å². The van der Waals surface area contributed by atoms with Crippen LogP contribution < -0.4 is 10.6 Å². The Bertz CT molecular complexity index is 775. The molecule has 0 atom stereocenters. The molecule has 0 unspecified atom stereocenters. The number of hydrogen-bond acceptors (Lipinski definition) is 4. The van der Waals surface area contributed by atoms with Crippen LogP contribution in [0.15, 0.2) is 65.3 Å². The molecule has 0 saturated carbocycles. The second-order valence-corrected chi connectivity index (χ2v) is 5.76. The highest BCUT2D eigenvalue weighted by Crippen LogP contribution is 2.23. The largest absolute Gasteiger partial charge is 0.340 e. The van der Waals surface area contributed by atoms with Crippen LogP contribution in [0.3, 0.4) is 0 Å². The summed E-state index contributed by atoms with van der Waals surface area (Å²) < 4.78 is 1.06. The number of para-hydroxylation sites is 1. The van der Waals surface area contributed by atoms with Gasteiger partial charge in [0.15, 0.2) is 0 Å². The number of nitrogens with zero attached hydrogens (tertiary/aromatic N) is 2. The van der Waals surface area contributed by atoms with E-state index in [1.54, 1.807) is 6.20 Å². The molecule has 5 heteroatoms. The molecular weight excluding hydrogens is 340 g/mol. The fraction of sp³-hybridized carbons (Fsp3) is 0.0588. The first kappa shape index (κ1) is 14.5. The van der Waals surface area contributed by atoms with E-state index in [9.17, 15) is 0 Å². The lowest BCUT2D eigenvalue weighted by Crippen LogP contribution is -2.01. The molecule has 0 aliphatic carbocycles. The average molecular weight is 355 g/mol. The third-order valence-electron chi connectivity index (χ3n) is 3.14. The highest BCUT2D eigenvalue weighted by Gasteiger charge is 2.03. The number of aryl methyl sites for hydroxylation is 1. The minimum absolute atomic E-state index is 0.561. The van der Waals surface area contributed by atoms with E-state index in [1.807, 2.05) is 48.5 Å². The summed E-state index contributed by atoms with van der Waals surface area (Å²) in [5, 5.41) is 6.50. The second-order valence-electron chi connectivity index (χ2n) is 4.84. The van der Waals surface area contributed by atoms with Crippen molar-refractivity contribution >= 4 is 39.1 Å². The maximum atomic E-state index is 4.48. The normalized spacial score (nSPS) is 10.3. The molecule has 3 aromatic rings. The van der Waals surface area contributed by atoms with Gasteiger partial charge in [0, 0.05) is 22.0 Å². The van der Waals surface area contributed by atoms with Gasteiger partial charge < -0.3 is 10.6 Å². The fourth-order valence-corrected chi connectivity index (χ4v) is 2.52. The molecule has 0 bridgehead atoms. The maximum Gasteiger partial charge on any atom is 0.229 e. The zero-order chi connectivity index (χ0) is 15.4. The van der Waals surface area contributed by atoms with E-state index in [0.717, 1.165) is 27.2 Å². The fourth-order valence-electron chi connectivity index (χ4n) is 2.04. The smallest absolute Gasteiger partial charge is 0.229 e. The third-order valence-corrected chi connectivity index (χ3v) is 3.63. The van der Waals surface area contributed by atoms with E-state index in [2.05, 4.69) is 49.5 Å². The van der Waals surface area contributed by atoms with Crippen LogP contribution in [0.1, 0.15) is 5.56 Å². The minimum Gasteiger partial charge on any atom is -0.340 e. The molecule has 2 aromatic carbocycles. The Kier molecular flexibility index (Phi) is 4.34. The highest BCUT2D eigenvalue weighted by atomic mass is 79.9. The number of nitrogens with one attached hydrogen (secondary N) is 2. The van der Waals surface area contributed by atoms with Gasteiger partial charge in [-0.1, -0.05) is 34.1 Å². The van der Waals surface area contributed by atoms with Gasteiger partial charge in [0.25, 0.3) is 0 Å². The first-order valence-electron chi connectivity index (χ1n) is 6.89. The van der Waals surface area contributed by atoms with Crippen LogP contribution >= 0.6 is 15.9 Å². The van der Waals surface area contributed by atoms with Crippen molar-refractivity contribution in [3.05, 3.63) is 70.8 Å². The molecule has 1 heterocycles. The van der Waals surface area contributed by atoms with Crippen LogP contribution in [-0.4, -0.2) is 9.97 Å². The molecule has 0 saturated heterocycles. The zero-order valence-corrected chi connectivity index (χ0v) is 13.6. The lowest BCUT2D eigenvalue weighted by Gasteiger charge is -2.10. The monoisotopic (exact) mass is 354 g/mol. The molecule has 0 amide bonds. The van der Waals surface area contributed by atoms with Crippen LogP contribution in [0.4, 0.5) is 23.1 Å². The van der Waals surface area contributed by atoms with Crippen molar-refractivity contribution in [2.75, 3.05) is 10.6 Å². The molecule has 0 radical (unpaired) electrons. The molecule has 3 rings (SSSR count). The summed E-state index contributed by atoms with van der Waals surface area (Å²) in [6.45, 7) is 2.05. The number of benzene rings is 2. The van der Waals surface area contributed by atoms with Gasteiger partial charge in [-0.05, 0) is 48.9 Å². The standard InChI is InChI=1S/C17H15BrN4/c1-12-11-13(18)7-8-15(12)21-16-9-10-19-17(22-16)20-14-5-3-2-4-6-14/h2-11H,1H3,(H2,19,20,21,22). The van der Waals surface area contributed by atoms with Crippen LogP contribution in [0.5, 0.6) is 0 Å². The van der Waals surface area contributed by atoms with Gasteiger partial charge in [-0.3, -0.25) is 0 Å². The van der Waals surface area contributed by atoms with Crippen molar-refractivity contribution in [3.8, 4) is 0 Å². The summed E-state index contributed by atoms with van der Waals surface area (Å²) in [7, 11) is 0. The molecule has 1 aromatic heterocycles. The van der Waals surface area contributed by atoms with E-state index in [-0.39, 0.29) is 0 Å². The Morgan fingerprint density at radius 2 is 1.77 bits per heavy atom. The number of hydrogen-bond donors (Lipinski definition) is 2. The zero-order valence-electron chi connectivity index (χ0n) is 12.0. The minimum atomic E-state index is 0.561. The predicted octanol–water partition coefficient (Wildman–Crippen LogP) is 5.03. The molecular formula is C17H15BrN4. The second kappa shape index (κ2) is 6.58. The maximum absolute atomic E-state index is 4.48. The van der Waals surface area contributed by atoms with Crippen molar-refractivity contribution in [1.29, 1.82) is 0 Å². The van der Waals surface area contributed by atoms with Crippen LogP contribution in [-0.2, 0) is 0 Å². The highest BCUT2D eigenvalue weighted by molar-refractivity contribution is 9.10. The molecule has 0 fully saturated rings. The summed E-state index contributed by atoms with van der Waals surface area (Å²) >= 11 is 3.47. The Hall–Kier alpha value is -2.40. The number of rotatable bonds is 4. The summed E-state index contributed by atoms with van der Waals surface area (Å²) in [6, 6.07) is 17.8. The lowest BCUT2D eigenvalue weighted by atomic mass is 10.2. The predicted molar refractivity (Wildman–Crippen MR) is 93.9 cm³/mol. The SMILES string of the molecule is Cc1cc(Br)ccc1Nc1ccnc(Nc2ccccc2)n1.